The number of benzene rings is 3. The number of nitrogens with one attached hydrogen (secondary N) is 1. The molecule has 0 spiro atoms. The van der Waals surface area contributed by atoms with Gasteiger partial charge in [-0.3, -0.25) is 4.79 Å². The third-order valence-corrected chi connectivity index (χ3v) is 8.24. The Bertz CT molecular complexity index is 1490. The number of aliphatic hydroxyl groups excluding tert-OH is 2. The molecular formula is C39H51N3O6. The largest absolute Gasteiger partial charge is 0.492 e. The van der Waals surface area contributed by atoms with Crippen molar-refractivity contribution in [1.82, 2.24) is 15.1 Å². The summed E-state index contributed by atoms with van der Waals surface area (Å²) in [6.45, 7) is 6.99. The number of hydrogen-bond donors (Lipinski definition) is 3. The lowest BCUT2D eigenvalue weighted by atomic mass is 9.97. The van der Waals surface area contributed by atoms with E-state index in [-0.39, 0.29) is 18.7 Å². The van der Waals surface area contributed by atoms with Crippen LogP contribution >= 0.6 is 0 Å². The average Bonchev–Trinajstić information content (AvgIpc) is 3.37. The summed E-state index contributed by atoms with van der Waals surface area (Å²) in [5.74, 6) is 0.545. The molecule has 0 aliphatic heterocycles. The van der Waals surface area contributed by atoms with Gasteiger partial charge in [0.15, 0.2) is 0 Å². The maximum absolute atomic E-state index is 13.9. The molecule has 0 saturated heterocycles. The van der Waals surface area contributed by atoms with Gasteiger partial charge in [0.05, 0.1) is 24.3 Å². The van der Waals surface area contributed by atoms with Crippen LogP contribution in [-0.2, 0) is 22.4 Å². The molecule has 3 N–H and O–H groups in total. The van der Waals surface area contributed by atoms with E-state index in [4.69, 9.17) is 9.47 Å². The fraction of sp³-hybridized carbons (Fsp3) is 0.436. The van der Waals surface area contributed by atoms with Crippen molar-refractivity contribution in [3.63, 3.8) is 0 Å². The standard InChI is InChI=1S/C39H51N3O6/c1-39(2,3)48-38(46)40-33(26-29-17-19-31(20-18-29)47-25-24-41(4)5)34(43)21-22-36(45)42(23-11-14-28-12-7-6-8-13-28)37-32-16-10-9-15-30(32)27-35(37)44/h6-20,33-35,37,43-44H,21-27H2,1-5H3,(H,40,46)/t33-,34-,35+,37-/m0/s1. The van der Waals surface area contributed by atoms with Crippen LogP contribution in [0.15, 0.2) is 84.9 Å². The van der Waals surface area contributed by atoms with Crippen LogP contribution in [0.4, 0.5) is 4.79 Å². The molecule has 3 aromatic rings. The highest BCUT2D eigenvalue weighted by Crippen LogP contribution is 2.36. The lowest BCUT2D eigenvalue weighted by Gasteiger charge is -2.32. The van der Waals surface area contributed by atoms with Crippen molar-refractivity contribution < 1.29 is 29.3 Å². The van der Waals surface area contributed by atoms with E-state index < -0.39 is 36.0 Å². The van der Waals surface area contributed by atoms with Crippen molar-refractivity contribution in [3.8, 4) is 5.75 Å². The molecule has 9 nitrogen and oxygen atoms in total. The highest BCUT2D eigenvalue weighted by Gasteiger charge is 2.37. The number of likely N-dealkylation sites (N-methyl/N-ethyl adjacent to an activating group) is 1. The molecule has 0 unspecified atom stereocenters. The summed E-state index contributed by atoms with van der Waals surface area (Å²) in [4.78, 5) is 30.5. The molecule has 2 amide bonds. The molecule has 4 rings (SSSR count). The van der Waals surface area contributed by atoms with Crippen LogP contribution in [0.1, 0.15) is 61.9 Å². The highest BCUT2D eigenvalue weighted by atomic mass is 16.6. The number of carbonyl (C=O) groups is 2. The Hall–Kier alpha value is -4.18. The summed E-state index contributed by atoms with van der Waals surface area (Å²) in [5, 5.41) is 25.4. The normalized spacial score (nSPS) is 17.2. The minimum Gasteiger partial charge on any atom is -0.492 e. The highest BCUT2D eigenvalue weighted by molar-refractivity contribution is 5.77. The maximum atomic E-state index is 13.9. The van der Waals surface area contributed by atoms with Crippen molar-refractivity contribution in [2.24, 2.45) is 0 Å². The number of hydrogen-bond acceptors (Lipinski definition) is 7. The minimum atomic E-state index is -1.04. The van der Waals surface area contributed by atoms with E-state index in [9.17, 15) is 19.8 Å². The Morgan fingerprint density at radius 2 is 1.69 bits per heavy atom. The predicted molar refractivity (Wildman–Crippen MR) is 189 cm³/mol. The molecule has 4 atom stereocenters. The van der Waals surface area contributed by atoms with Gasteiger partial charge in [-0.25, -0.2) is 4.79 Å². The predicted octanol–water partition coefficient (Wildman–Crippen LogP) is 5.40. The summed E-state index contributed by atoms with van der Waals surface area (Å²) in [7, 11) is 3.97. The lowest BCUT2D eigenvalue weighted by molar-refractivity contribution is -0.136. The van der Waals surface area contributed by atoms with Gasteiger partial charge in [0, 0.05) is 25.9 Å². The average molecular weight is 658 g/mol. The van der Waals surface area contributed by atoms with E-state index in [1.807, 2.05) is 110 Å². The maximum Gasteiger partial charge on any atom is 0.407 e. The third kappa shape index (κ3) is 11.2. The van der Waals surface area contributed by atoms with Gasteiger partial charge in [-0.05, 0) is 82.1 Å². The van der Waals surface area contributed by atoms with E-state index >= 15 is 0 Å². The van der Waals surface area contributed by atoms with Crippen LogP contribution in [0.3, 0.4) is 0 Å². The Morgan fingerprint density at radius 1 is 1.00 bits per heavy atom. The second-order valence-corrected chi connectivity index (χ2v) is 13.6. The lowest BCUT2D eigenvalue weighted by Crippen LogP contribution is -2.47. The van der Waals surface area contributed by atoms with Gasteiger partial charge in [-0.1, -0.05) is 78.9 Å². The van der Waals surface area contributed by atoms with Crippen molar-refractivity contribution >= 4 is 18.1 Å². The number of alkyl carbamates (subject to hydrolysis) is 1. The molecule has 1 aliphatic carbocycles. The smallest absolute Gasteiger partial charge is 0.407 e. The van der Waals surface area contributed by atoms with Gasteiger partial charge in [-0.15, -0.1) is 0 Å². The van der Waals surface area contributed by atoms with Crippen LogP contribution in [-0.4, -0.2) is 89.7 Å². The van der Waals surface area contributed by atoms with Crippen LogP contribution in [0.25, 0.3) is 6.08 Å². The number of aliphatic hydroxyl groups is 2. The summed E-state index contributed by atoms with van der Waals surface area (Å²) in [6.07, 6.45) is 2.39. The fourth-order valence-corrected chi connectivity index (χ4v) is 5.85. The summed E-state index contributed by atoms with van der Waals surface area (Å²) >= 11 is 0. The molecular weight excluding hydrogens is 606 g/mol. The number of fused-ring (bicyclic) bond motifs is 1. The zero-order valence-corrected chi connectivity index (χ0v) is 28.8. The fourth-order valence-electron chi connectivity index (χ4n) is 5.85. The molecule has 3 aromatic carbocycles. The number of carbonyl (C=O) groups excluding carboxylic acids is 2. The summed E-state index contributed by atoms with van der Waals surface area (Å²) < 4.78 is 11.3. The zero-order valence-electron chi connectivity index (χ0n) is 28.8. The Balaban J connectivity index is 1.48. The minimum absolute atomic E-state index is 0.0247. The van der Waals surface area contributed by atoms with Gasteiger partial charge < -0.3 is 34.8 Å². The van der Waals surface area contributed by atoms with E-state index in [0.29, 0.717) is 26.0 Å². The topological polar surface area (TPSA) is 112 Å². The van der Waals surface area contributed by atoms with Crippen LogP contribution in [0, 0.1) is 0 Å². The molecule has 0 aromatic heterocycles. The van der Waals surface area contributed by atoms with Crippen molar-refractivity contribution in [1.29, 1.82) is 0 Å². The summed E-state index contributed by atoms with van der Waals surface area (Å²) in [6, 6.07) is 24.0. The summed E-state index contributed by atoms with van der Waals surface area (Å²) in [5.41, 5.74) is 3.14. The monoisotopic (exact) mass is 657 g/mol. The first-order chi connectivity index (χ1) is 22.9. The Labute approximate surface area is 285 Å². The first-order valence-corrected chi connectivity index (χ1v) is 16.7. The first kappa shape index (κ1) is 36.7. The van der Waals surface area contributed by atoms with Crippen molar-refractivity contribution in [3.05, 3.63) is 107 Å². The van der Waals surface area contributed by atoms with E-state index in [1.54, 1.807) is 25.7 Å². The second kappa shape index (κ2) is 17.3. The Morgan fingerprint density at radius 3 is 2.38 bits per heavy atom. The second-order valence-electron chi connectivity index (χ2n) is 13.6. The molecule has 0 saturated carbocycles. The first-order valence-electron chi connectivity index (χ1n) is 16.7. The molecule has 48 heavy (non-hydrogen) atoms. The van der Waals surface area contributed by atoms with E-state index in [1.165, 1.54) is 0 Å². The number of amides is 2. The van der Waals surface area contributed by atoms with Gasteiger partial charge in [-0.2, -0.15) is 0 Å². The van der Waals surface area contributed by atoms with Crippen molar-refractivity contribution in [2.75, 3.05) is 33.8 Å². The molecule has 1 aliphatic rings. The van der Waals surface area contributed by atoms with Gasteiger partial charge in [0.25, 0.3) is 0 Å². The Kier molecular flexibility index (Phi) is 13.2. The molecule has 9 heteroatoms. The van der Waals surface area contributed by atoms with Crippen molar-refractivity contribution in [2.45, 2.75) is 76.3 Å². The molecule has 0 bridgehead atoms. The van der Waals surface area contributed by atoms with Gasteiger partial charge >= 0.3 is 6.09 Å². The quantitative estimate of drug-likeness (QED) is 0.201. The number of nitrogens with zero attached hydrogens (tertiary/aromatic N) is 2. The molecule has 258 valence electrons. The van der Waals surface area contributed by atoms with E-state index in [0.717, 1.165) is 34.5 Å². The SMILES string of the molecule is CN(C)CCOc1ccc(C[C@H](NC(=O)OC(C)(C)C)[C@@H](O)CCC(=O)N(CC=Cc2ccccc2)[C@H]2c3ccccc3C[C@H]2O)cc1. The molecule has 0 heterocycles. The number of ether oxygens (including phenoxy) is 2. The van der Waals surface area contributed by atoms with E-state index in [2.05, 4.69) is 5.32 Å². The van der Waals surface area contributed by atoms with Crippen LogP contribution in [0.5, 0.6) is 5.75 Å². The zero-order chi connectivity index (χ0) is 34.7. The van der Waals surface area contributed by atoms with Gasteiger partial charge in [0.2, 0.25) is 5.91 Å². The van der Waals surface area contributed by atoms with Gasteiger partial charge in [0.1, 0.15) is 18.0 Å². The van der Waals surface area contributed by atoms with Crippen LogP contribution < -0.4 is 10.1 Å². The molecule has 0 radical (unpaired) electrons. The number of rotatable bonds is 15. The molecule has 0 fully saturated rings. The van der Waals surface area contributed by atoms with Crippen LogP contribution in [0.2, 0.25) is 0 Å². The third-order valence-electron chi connectivity index (χ3n) is 8.24.